The zero-order valence-corrected chi connectivity index (χ0v) is 15.7. The van der Waals surface area contributed by atoms with Gasteiger partial charge >= 0.3 is 0 Å². The van der Waals surface area contributed by atoms with E-state index in [2.05, 4.69) is 38.7 Å². The Balaban J connectivity index is 1.66. The van der Waals surface area contributed by atoms with Crippen LogP contribution in [0.4, 0.5) is 5.69 Å². The van der Waals surface area contributed by atoms with Gasteiger partial charge in [-0.1, -0.05) is 40.2 Å². The molecule has 0 spiro atoms. The lowest BCUT2D eigenvalue weighted by atomic mass is 9.71. The summed E-state index contributed by atoms with van der Waals surface area (Å²) in [6.07, 6.45) is 3.39. The number of hydrogen-bond acceptors (Lipinski definition) is 2. The van der Waals surface area contributed by atoms with Crippen molar-refractivity contribution < 1.29 is 9.59 Å². The summed E-state index contributed by atoms with van der Waals surface area (Å²) >= 11 is 3.51. The summed E-state index contributed by atoms with van der Waals surface area (Å²) in [5, 5.41) is 5.96. The van der Waals surface area contributed by atoms with Crippen molar-refractivity contribution in [2.75, 3.05) is 5.32 Å². The van der Waals surface area contributed by atoms with Crippen LogP contribution in [0.1, 0.15) is 37.3 Å². The molecule has 25 heavy (non-hydrogen) atoms. The van der Waals surface area contributed by atoms with Gasteiger partial charge in [0.15, 0.2) is 0 Å². The fourth-order valence-corrected chi connectivity index (χ4v) is 3.61. The molecule has 0 atom stereocenters. The summed E-state index contributed by atoms with van der Waals surface area (Å²) < 4.78 is 1.03. The van der Waals surface area contributed by atoms with Gasteiger partial charge in [0.05, 0.1) is 12.0 Å². The first-order valence-electron chi connectivity index (χ1n) is 8.40. The van der Waals surface area contributed by atoms with Gasteiger partial charge in [-0.15, -0.1) is 0 Å². The molecule has 1 aliphatic rings. The molecule has 2 aromatic carbocycles. The van der Waals surface area contributed by atoms with Crippen LogP contribution in [0, 0.1) is 0 Å². The minimum absolute atomic E-state index is 0.0203. The van der Waals surface area contributed by atoms with E-state index < -0.39 is 0 Å². The van der Waals surface area contributed by atoms with Crippen molar-refractivity contribution in [1.29, 1.82) is 0 Å². The van der Waals surface area contributed by atoms with Crippen molar-refractivity contribution in [3.63, 3.8) is 0 Å². The number of carbonyl (C=O) groups is 2. The zero-order chi connectivity index (χ0) is 17.9. The number of carbonyl (C=O) groups excluding carboxylic acids is 2. The zero-order valence-electron chi connectivity index (χ0n) is 14.1. The second-order valence-electron chi connectivity index (χ2n) is 6.55. The molecule has 1 aliphatic carbocycles. The van der Waals surface area contributed by atoms with Gasteiger partial charge in [0.1, 0.15) is 0 Å². The molecule has 0 aromatic heterocycles. The minimum Gasteiger partial charge on any atom is -0.346 e. The van der Waals surface area contributed by atoms with Crippen LogP contribution in [-0.4, -0.2) is 11.8 Å². The number of hydrogen-bond donors (Lipinski definition) is 2. The Morgan fingerprint density at radius 3 is 2.40 bits per heavy atom. The first-order chi connectivity index (χ1) is 12.0. The molecule has 2 aromatic rings. The summed E-state index contributed by atoms with van der Waals surface area (Å²) in [5.41, 5.74) is 2.58. The third-order valence-corrected chi connectivity index (χ3v) is 5.10. The van der Waals surface area contributed by atoms with Crippen LogP contribution in [-0.2, 0) is 21.5 Å². The summed E-state index contributed by atoms with van der Waals surface area (Å²) in [7, 11) is 0. The van der Waals surface area contributed by atoms with Crippen molar-refractivity contribution >= 4 is 33.4 Å². The van der Waals surface area contributed by atoms with Crippen LogP contribution >= 0.6 is 15.9 Å². The monoisotopic (exact) mass is 400 g/mol. The van der Waals surface area contributed by atoms with Gasteiger partial charge in [-0.05, 0) is 54.7 Å². The van der Waals surface area contributed by atoms with Gasteiger partial charge in [0, 0.05) is 17.1 Å². The Labute approximate surface area is 156 Å². The first kappa shape index (κ1) is 17.7. The average Bonchev–Trinajstić information content (AvgIpc) is 2.52. The molecule has 4 nitrogen and oxygen atoms in total. The van der Waals surface area contributed by atoms with E-state index in [0.29, 0.717) is 6.42 Å². The third kappa shape index (κ3) is 4.28. The number of anilines is 1. The summed E-state index contributed by atoms with van der Waals surface area (Å²) in [5.74, 6) is -0.0848. The van der Waals surface area contributed by atoms with Gasteiger partial charge in [0.2, 0.25) is 11.8 Å². The van der Waals surface area contributed by atoms with Crippen LogP contribution in [0.2, 0.25) is 0 Å². The Morgan fingerprint density at radius 2 is 1.84 bits per heavy atom. The second-order valence-corrected chi connectivity index (χ2v) is 7.46. The van der Waals surface area contributed by atoms with E-state index >= 15 is 0 Å². The lowest BCUT2D eigenvalue weighted by Gasteiger charge is -2.43. The van der Waals surface area contributed by atoms with Crippen LogP contribution < -0.4 is 10.6 Å². The third-order valence-electron chi connectivity index (χ3n) is 4.60. The molecule has 0 radical (unpaired) electrons. The SMILES string of the molecule is CC(=O)Nc1ccc(CC(=O)NC2(c3cccc(Br)c3)CCC2)cc1. The second kappa shape index (κ2) is 7.40. The molecule has 0 saturated heterocycles. The standard InChI is InChI=1S/C20H21BrN2O2/c1-14(24)22-18-8-6-15(7-9-18)12-19(25)23-20(10-3-11-20)16-4-2-5-17(21)13-16/h2,4-9,13H,3,10-12H2,1H3,(H,22,24)(H,23,25). The fourth-order valence-electron chi connectivity index (χ4n) is 3.21. The van der Waals surface area contributed by atoms with E-state index in [4.69, 9.17) is 0 Å². The molecule has 0 bridgehead atoms. The number of benzene rings is 2. The van der Waals surface area contributed by atoms with Crippen LogP contribution in [0.3, 0.4) is 0 Å². The molecule has 0 unspecified atom stereocenters. The van der Waals surface area contributed by atoms with E-state index in [0.717, 1.165) is 40.5 Å². The van der Waals surface area contributed by atoms with Gasteiger partial charge < -0.3 is 10.6 Å². The molecule has 2 amide bonds. The molecule has 1 saturated carbocycles. The van der Waals surface area contributed by atoms with Crippen molar-refractivity contribution in [3.8, 4) is 0 Å². The Morgan fingerprint density at radius 1 is 1.12 bits per heavy atom. The van der Waals surface area contributed by atoms with E-state index in [1.54, 1.807) is 0 Å². The first-order valence-corrected chi connectivity index (χ1v) is 9.20. The van der Waals surface area contributed by atoms with Gasteiger partial charge in [-0.2, -0.15) is 0 Å². The highest BCUT2D eigenvalue weighted by Crippen LogP contribution is 2.41. The van der Waals surface area contributed by atoms with Crippen molar-refractivity contribution in [2.24, 2.45) is 0 Å². The van der Waals surface area contributed by atoms with Gasteiger partial charge in [0.25, 0.3) is 0 Å². The average molecular weight is 401 g/mol. The number of halogens is 1. The fraction of sp³-hybridized carbons (Fsp3) is 0.300. The molecular formula is C20H21BrN2O2. The molecule has 3 rings (SSSR count). The summed E-state index contributed by atoms with van der Waals surface area (Å²) in [6.45, 7) is 1.47. The molecule has 1 fully saturated rings. The Bertz CT molecular complexity index is 783. The maximum atomic E-state index is 12.5. The molecule has 2 N–H and O–H groups in total. The molecule has 0 heterocycles. The van der Waals surface area contributed by atoms with Crippen LogP contribution in [0.5, 0.6) is 0 Å². The predicted molar refractivity (Wildman–Crippen MR) is 102 cm³/mol. The van der Waals surface area contributed by atoms with Crippen molar-refractivity contribution in [1.82, 2.24) is 5.32 Å². The number of amides is 2. The highest BCUT2D eigenvalue weighted by Gasteiger charge is 2.39. The normalized spacial score (nSPS) is 15.1. The van der Waals surface area contributed by atoms with Gasteiger partial charge in [-0.25, -0.2) is 0 Å². The van der Waals surface area contributed by atoms with E-state index in [1.807, 2.05) is 36.4 Å². The van der Waals surface area contributed by atoms with E-state index in [9.17, 15) is 9.59 Å². The molecular weight excluding hydrogens is 380 g/mol. The Kier molecular flexibility index (Phi) is 5.23. The lowest BCUT2D eigenvalue weighted by Crippen LogP contribution is -2.51. The van der Waals surface area contributed by atoms with Gasteiger partial charge in [-0.3, -0.25) is 9.59 Å². The Hall–Kier alpha value is -2.14. The minimum atomic E-state index is -0.239. The smallest absolute Gasteiger partial charge is 0.225 e. The maximum absolute atomic E-state index is 12.5. The molecule has 5 heteroatoms. The summed E-state index contributed by atoms with van der Waals surface area (Å²) in [6, 6.07) is 15.5. The predicted octanol–water partition coefficient (Wildman–Crippen LogP) is 4.15. The molecule has 130 valence electrons. The quantitative estimate of drug-likeness (QED) is 0.791. The highest BCUT2D eigenvalue weighted by atomic mass is 79.9. The summed E-state index contributed by atoms with van der Waals surface area (Å²) in [4.78, 5) is 23.6. The maximum Gasteiger partial charge on any atom is 0.225 e. The number of nitrogens with one attached hydrogen (secondary N) is 2. The van der Waals surface area contributed by atoms with E-state index in [-0.39, 0.29) is 17.4 Å². The lowest BCUT2D eigenvalue weighted by molar-refractivity contribution is -0.123. The van der Waals surface area contributed by atoms with Crippen LogP contribution in [0.25, 0.3) is 0 Å². The van der Waals surface area contributed by atoms with Crippen molar-refractivity contribution in [2.45, 2.75) is 38.1 Å². The number of rotatable bonds is 5. The van der Waals surface area contributed by atoms with Crippen LogP contribution in [0.15, 0.2) is 53.0 Å². The molecule has 0 aliphatic heterocycles. The highest BCUT2D eigenvalue weighted by molar-refractivity contribution is 9.10. The van der Waals surface area contributed by atoms with Crippen molar-refractivity contribution in [3.05, 3.63) is 64.1 Å². The largest absolute Gasteiger partial charge is 0.346 e. The van der Waals surface area contributed by atoms with E-state index in [1.165, 1.54) is 6.92 Å². The topological polar surface area (TPSA) is 58.2 Å².